The summed E-state index contributed by atoms with van der Waals surface area (Å²) >= 11 is 1.91. The molecule has 0 radical (unpaired) electrons. The van der Waals surface area contributed by atoms with Gasteiger partial charge in [0.1, 0.15) is 0 Å². The number of amidine groups is 1. The van der Waals surface area contributed by atoms with Crippen LogP contribution < -0.4 is 5.32 Å². The van der Waals surface area contributed by atoms with Crippen molar-refractivity contribution >= 4 is 16.9 Å². The quantitative estimate of drug-likeness (QED) is 0.823. The molecular formula is C12H22N2OS. The Kier molecular flexibility index (Phi) is 4.53. The van der Waals surface area contributed by atoms with Crippen molar-refractivity contribution in [1.29, 1.82) is 0 Å². The zero-order chi connectivity index (χ0) is 11.4. The zero-order valence-corrected chi connectivity index (χ0v) is 11.1. The second-order valence-corrected chi connectivity index (χ2v) is 6.21. The third-order valence-electron chi connectivity index (χ3n) is 3.30. The highest BCUT2D eigenvalue weighted by Crippen LogP contribution is 2.26. The molecule has 0 saturated carbocycles. The zero-order valence-electron chi connectivity index (χ0n) is 10.2. The van der Waals surface area contributed by atoms with Gasteiger partial charge in [-0.2, -0.15) is 0 Å². The van der Waals surface area contributed by atoms with Gasteiger partial charge in [-0.1, -0.05) is 25.6 Å². The number of aliphatic imine (C=N–C) groups is 1. The Hall–Kier alpha value is -0.220. The average molecular weight is 242 g/mol. The summed E-state index contributed by atoms with van der Waals surface area (Å²) in [5, 5.41) is 5.33. The van der Waals surface area contributed by atoms with Crippen molar-refractivity contribution in [3.05, 3.63) is 0 Å². The lowest BCUT2D eigenvalue weighted by atomic mass is 10.0. The first-order chi connectivity index (χ1) is 7.75. The molecule has 2 aliphatic rings. The summed E-state index contributed by atoms with van der Waals surface area (Å²) < 4.78 is 5.36. The molecule has 0 aromatic rings. The van der Waals surface area contributed by atoms with Crippen molar-refractivity contribution in [2.24, 2.45) is 16.8 Å². The van der Waals surface area contributed by atoms with E-state index >= 15 is 0 Å². The number of thioether (sulfide) groups is 1. The Bertz CT molecular complexity index is 249. The van der Waals surface area contributed by atoms with E-state index in [9.17, 15) is 0 Å². The summed E-state index contributed by atoms with van der Waals surface area (Å²) in [6.45, 7) is 8.46. The molecule has 0 spiro atoms. The lowest BCUT2D eigenvalue weighted by Gasteiger charge is -2.22. The first kappa shape index (κ1) is 12.2. The van der Waals surface area contributed by atoms with Crippen LogP contribution in [0.4, 0.5) is 0 Å². The van der Waals surface area contributed by atoms with Crippen LogP contribution >= 0.6 is 11.8 Å². The number of hydrogen-bond acceptors (Lipinski definition) is 4. The van der Waals surface area contributed by atoms with Gasteiger partial charge in [0.25, 0.3) is 0 Å². The smallest absolute Gasteiger partial charge is 0.156 e. The van der Waals surface area contributed by atoms with E-state index in [4.69, 9.17) is 4.74 Å². The standard InChI is InChI=1S/C12H22N2OS/c1-9(2)11-8-14-12(16-11)13-7-10-3-5-15-6-4-10/h9-11H,3-8H2,1-2H3,(H,13,14). The second-order valence-electron chi connectivity index (χ2n) is 4.98. The number of hydrogen-bond donors (Lipinski definition) is 1. The molecule has 1 N–H and O–H groups in total. The fraction of sp³-hybridized carbons (Fsp3) is 0.917. The molecule has 0 amide bonds. The van der Waals surface area contributed by atoms with Gasteiger partial charge < -0.3 is 10.1 Å². The summed E-state index contributed by atoms with van der Waals surface area (Å²) in [6, 6.07) is 0. The monoisotopic (exact) mass is 242 g/mol. The van der Waals surface area contributed by atoms with E-state index in [2.05, 4.69) is 24.2 Å². The Morgan fingerprint density at radius 2 is 2.19 bits per heavy atom. The van der Waals surface area contributed by atoms with E-state index in [1.807, 2.05) is 11.8 Å². The van der Waals surface area contributed by atoms with Gasteiger partial charge in [-0.15, -0.1) is 0 Å². The molecule has 0 aliphatic carbocycles. The lowest BCUT2D eigenvalue weighted by Crippen LogP contribution is -2.30. The molecule has 3 nitrogen and oxygen atoms in total. The summed E-state index contributed by atoms with van der Waals surface area (Å²) in [4.78, 5) is 4.56. The van der Waals surface area contributed by atoms with E-state index in [1.54, 1.807) is 0 Å². The van der Waals surface area contributed by atoms with Gasteiger partial charge in [0.05, 0.1) is 6.54 Å². The van der Waals surface area contributed by atoms with E-state index in [0.717, 1.165) is 43.3 Å². The van der Waals surface area contributed by atoms with E-state index < -0.39 is 0 Å². The van der Waals surface area contributed by atoms with Crippen LogP contribution in [0.3, 0.4) is 0 Å². The summed E-state index contributed by atoms with van der Waals surface area (Å²) in [5.74, 6) is 1.49. The number of nitrogens with one attached hydrogen (secondary N) is 1. The molecule has 2 heterocycles. The molecule has 2 rings (SSSR count). The van der Waals surface area contributed by atoms with Crippen LogP contribution in [0.1, 0.15) is 26.7 Å². The third kappa shape index (κ3) is 3.39. The van der Waals surface area contributed by atoms with Crippen molar-refractivity contribution in [2.75, 3.05) is 26.3 Å². The summed E-state index contributed by atoms with van der Waals surface area (Å²) in [6.07, 6.45) is 2.39. The van der Waals surface area contributed by atoms with Gasteiger partial charge in [-0.05, 0) is 24.7 Å². The summed E-state index contributed by atoms with van der Waals surface area (Å²) in [5.41, 5.74) is 0. The van der Waals surface area contributed by atoms with Crippen LogP contribution in [0.15, 0.2) is 4.99 Å². The van der Waals surface area contributed by atoms with Crippen molar-refractivity contribution in [3.63, 3.8) is 0 Å². The Balaban J connectivity index is 1.67. The molecule has 0 aromatic heterocycles. The minimum absolute atomic E-state index is 0.678. The topological polar surface area (TPSA) is 33.6 Å². The first-order valence-corrected chi connectivity index (χ1v) is 7.16. The third-order valence-corrected chi connectivity index (χ3v) is 4.80. The Morgan fingerprint density at radius 1 is 1.44 bits per heavy atom. The molecule has 1 unspecified atom stereocenters. The highest BCUT2D eigenvalue weighted by atomic mass is 32.2. The van der Waals surface area contributed by atoms with Gasteiger partial charge in [0.2, 0.25) is 0 Å². The van der Waals surface area contributed by atoms with Crippen LogP contribution in [0.25, 0.3) is 0 Å². The van der Waals surface area contributed by atoms with E-state index in [0.29, 0.717) is 5.25 Å². The van der Waals surface area contributed by atoms with Gasteiger partial charge in [-0.25, -0.2) is 0 Å². The Labute approximate surface area is 102 Å². The van der Waals surface area contributed by atoms with Crippen LogP contribution in [0.2, 0.25) is 0 Å². The van der Waals surface area contributed by atoms with Gasteiger partial charge in [0.15, 0.2) is 5.17 Å². The normalized spacial score (nSPS) is 27.2. The predicted octanol–water partition coefficient (Wildman–Crippen LogP) is 2.13. The molecule has 0 bridgehead atoms. The minimum atomic E-state index is 0.678. The van der Waals surface area contributed by atoms with Crippen LogP contribution in [0, 0.1) is 11.8 Å². The number of ether oxygens (including phenoxy) is 1. The van der Waals surface area contributed by atoms with Crippen molar-refractivity contribution in [1.82, 2.24) is 5.32 Å². The maximum Gasteiger partial charge on any atom is 0.156 e. The fourth-order valence-corrected chi connectivity index (χ4v) is 3.04. The molecule has 1 saturated heterocycles. The Morgan fingerprint density at radius 3 is 2.81 bits per heavy atom. The molecule has 1 atom stereocenters. The predicted molar refractivity (Wildman–Crippen MR) is 70.1 cm³/mol. The molecule has 2 aliphatic heterocycles. The fourth-order valence-electron chi connectivity index (χ4n) is 2.02. The van der Waals surface area contributed by atoms with Gasteiger partial charge in [0, 0.05) is 25.0 Å². The van der Waals surface area contributed by atoms with Crippen LogP contribution in [0.5, 0.6) is 0 Å². The SMILES string of the molecule is CC(C)C1CN=C(NCC2CCOCC2)S1. The molecular weight excluding hydrogens is 220 g/mol. The van der Waals surface area contributed by atoms with E-state index in [1.165, 1.54) is 12.8 Å². The number of rotatable bonds is 3. The molecule has 0 aromatic carbocycles. The molecule has 4 heteroatoms. The molecule has 92 valence electrons. The first-order valence-electron chi connectivity index (χ1n) is 6.28. The second kappa shape index (κ2) is 5.92. The van der Waals surface area contributed by atoms with Crippen LogP contribution in [-0.4, -0.2) is 36.7 Å². The highest BCUT2D eigenvalue weighted by molar-refractivity contribution is 8.14. The maximum absolute atomic E-state index is 5.36. The number of nitrogens with zero attached hydrogens (tertiary/aromatic N) is 1. The highest BCUT2D eigenvalue weighted by Gasteiger charge is 2.23. The average Bonchev–Trinajstić information content (AvgIpc) is 2.76. The summed E-state index contributed by atoms with van der Waals surface area (Å²) in [7, 11) is 0. The van der Waals surface area contributed by atoms with Gasteiger partial charge in [-0.3, -0.25) is 4.99 Å². The van der Waals surface area contributed by atoms with Crippen molar-refractivity contribution < 1.29 is 4.74 Å². The minimum Gasteiger partial charge on any atom is -0.381 e. The van der Waals surface area contributed by atoms with Crippen molar-refractivity contribution in [3.8, 4) is 0 Å². The van der Waals surface area contributed by atoms with Crippen LogP contribution in [-0.2, 0) is 4.74 Å². The largest absolute Gasteiger partial charge is 0.381 e. The molecule has 16 heavy (non-hydrogen) atoms. The maximum atomic E-state index is 5.36. The lowest BCUT2D eigenvalue weighted by molar-refractivity contribution is 0.0676. The van der Waals surface area contributed by atoms with Crippen molar-refractivity contribution in [2.45, 2.75) is 31.9 Å². The van der Waals surface area contributed by atoms with Gasteiger partial charge >= 0.3 is 0 Å². The van der Waals surface area contributed by atoms with E-state index in [-0.39, 0.29) is 0 Å². The molecule has 1 fully saturated rings.